The lowest BCUT2D eigenvalue weighted by molar-refractivity contribution is -0.177. The molecule has 17 heavy (non-hydrogen) atoms. The van der Waals surface area contributed by atoms with Crippen LogP contribution in [0, 0.1) is 5.92 Å². The fraction of sp³-hybridized carbons (Fsp3) is 0.900. The van der Waals surface area contributed by atoms with Crippen molar-refractivity contribution in [3.8, 4) is 0 Å². The number of ether oxygens (including phenoxy) is 1. The van der Waals surface area contributed by atoms with E-state index in [1.807, 2.05) is 0 Å². The molecular weight excluding hydrogens is 237 g/mol. The van der Waals surface area contributed by atoms with Crippen molar-refractivity contribution < 1.29 is 22.7 Å². The standard InChI is InChI=1S/C10H17F3N2O2/c1-15(4-7-2-8(14)3-7)9(16)5-17-6-10(11,12)13/h7-8H,2-6,14H2,1H3. The smallest absolute Gasteiger partial charge is 0.362 e. The van der Waals surface area contributed by atoms with Gasteiger partial charge in [0.1, 0.15) is 13.2 Å². The third-order valence-electron chi connectivity index (χ3n) is 2.72. The molecule has 1 aliphatic carbocycles. The van der Waals surface area contributed by atoms with Gasteiger partial charge in [0.15, 0.2) is 0 Å². The van der Waals surface area contributed by atoms with Crippen LogP contribution in [0.1, 0.15) is 12.8 Å². The van der Waals surface area contributed by atoms with E-state index in [9.17, 15) is 18.0 Å². The zero-order valence-corrected chi connectivity index (χ0v) is 9.67. The first kappa shape index (κ1) is 14.2. The van der Waals surface area contributed by atoms with Crippen LogP contribution in [-0.2, 0) is 9.53 Å². The lowest BCUT2D eigenvalue weighted by atomic mass is 9.80. The summed E-state index contributed by atoms with van der Waals surface area (Å²) in [6.45, 7) is -1.39. The normalized spacial score (nSPS) is 24.3. The summed E-state index contributed by atoms with van der Waals surface area (Å²) in [5, 5.41) is 0. The molecule has 0 unspecified atom stereocenters. The molecule has 100 valence electrons. The average molecular weight is 254 g/mol. The first-order valence-corrected chi connectivity index (χ1v) is 5.42. The Morgan fingerprint density at radius 2 is 2.06 bits per heavy atom. The fourth-order valence-electron chi connectivity index (χ4n) is 1.79. The highest BCUT2D eigenvalue weighted by Gasteiger charge is 2.29. The van der Waals surface area contributed by atoms with Crippen LogP contribution in [0.3, 0.4) is 0 Å². The summed E-state index contributed by atoms with van der Waals surface area (Å²) in [4.78, 5) is 12.8. The van der Waals surface area contributed by atoms with Crippen LogP contribution in [0.4, 0.5) is 13.2 Å². The van der Waals surface area contributed by atoms with E-state index < -0.39 is 25.3 Å². The van der Waals surface area contributed by atoms with Crippen LogP contribution in [-0.4, -0.2) is 49.8 Å². The summed E-state index contributed by atoms with van der Waals surface area (Å²) in [7, 11) is 1.56. The molecule has 0 atom stereocenters. The van der Waals surface area contributed by atoms with Crippen LogP contribution in [0.2, 0.25) is 0 Å². The second-order valence-electron chi connectivity index (χ2n) is 4.48. The Morgan fingerprint density at radius 1 is 1.47 bits per heavy atom. The maximum Gasteiger partial charge on any atom is 0.411 e. The lowest BCUT2D eigenvalue weighted by Crippen LogP contribution is -2.44. The molecule has 0 radical (unpaired) electrons. The van der Waals surface area contributed by atoms with Crippen molar-refractivity contribution in [2.24, 2.45) is 11.7 Å². The minimum atomic E-state index is -4.39. The van der Waals surface area contributed by atoms with Crippen LogP contribution in [0.15, 0.2) is 0 Å². The molecule has 4 nitrogen and oxygen atoms in total. The van der Waals surface area contributed by atoms with Gasteiger partial charge in [-0.1, -0.05) is 0 Å². The summed E-state index contributed by atoms with van der Waals surface area (Å²) in [5.41, 5.74) is 5.60. The van der Waals surface area contributed by atoms with Gasteiger partial charge in [-0.3, -0.25) is 4.79 Å². The van der Waals surface area contributed by atoms with Gasteiger partial charge < -0.3 is 15.4 Å². The quantitative estimate of drug-likeness (QED) is 0.788. The third-order valence-corrected chi connectivity index (χ3v) is 2.72. The van der Waals surface area contributed by atoms with Crippen molar-refractivity contribution in [2.75, 3.05) is 26.8 Å². The molecule has 0 aromatic carbocycles. The summed E-state index contributed by atoms with van der Waals surface area (Å²) in [6, 6.07) is 0.199. The van der Waals surface area contributed by atoms with Gasteiger partial charge in [-0.05, 0) is 18.8 Å². The number of hydrogen-bond acceptors (Lipinski definition) is 3. The first-order valence-electron chi connectivity index (χ1n) is 5.42. The molecule has 1 aliphatic rings. The maximum absolute atomic E-state index is 11.8. The van der Waals surface area contributed by atoms with Crippen molar-refractivity contribution in [2.45, 2.75) is 25.1 Å². The number of halogens is 3. The van der Waals surface area contributed by atoms with Gasteiger partial charge in [0, 0.05) is 19.6 Å². The Morgan fingerprint density at radius 3 is 2.53 bits per heavy atom. The average Bonchev–Trinajstić information content (AvgIpc) is 2.13. The molecule has 1 fully saturated rings. The van der Waals surface area contributed by atoms with E-state index in [2.05, 4.69) is 4.74 Å². The van der Waals surface area contributed by atoms with Crippen molar-refractivity contribution in [1.29, 1.82) is 0 Å². The van der Waals surface area contributed by atoms with Gasteiger partial charge in [0.25, 0.3) is 0 Å². The number of alkyl halides is 3. The molecule has 1 saturated carbocycles. The minimum absolute atomic E-state index is 0.199. The molecule has 0 aromatic heterocycles. The largest absolute Gasteiger partial charge is 0.411 e. The van der Waals surface area contributed by atoms with Crippen molar-refractivity contribution in [3.05, 3.63) is 0 Å². The number of likely N-dealkylation sites (N-methyl/N-ethyl adjacent to an activating group) is 1. The molecule has 0 bridgehead atoms. The first-order chi connectivity index (χ1) is 7.78. The van der Waals surface area contributed by atoms with Gasteiger partial charge >= 0.3 is 6.18 Å². The number of rotatable bonds is 5. The second kappa shape index (κ2) is 5.68. The lowest BCUT2D eigenvalue weighted by Gasteiger charge is -2.35. The van der Waals surface area contributed by atoms with Gasteiger partial charge in [-0.25, -0.2) is 0 Å². The Labute approximate surface area is 97.9 Å². The molecule has 0 aromatic rings. The topological polar surface area (TPSA) is 55.6 Å². The zero-order chi connectivity index (χ0) is 13.1. The van der Waals surface area contributed by atoms with E-state index in [1.54, 1.807) is 7.05 Å². The maximum atomic E-state index is 11.8. The van der Waals surface area contributed by atoms with Crippen LogP contribution in [0.5, 0.6) is 0 Å². The molecule has 1 amide bonds. The van der Waals surface area contributed by atoms with E-state index >= 15 is 0 Å². The number of carbonyl (C=O) groups is 1. The Balaban J connectivity index is 2.14. The number of amides is 1. The van der Waals surface area contributed by atoms with Gasteiger partial charge in [-0.2, -0.15) is 13.2 Å². The van der Waals surface area contributed by atoms with Gasteiger partial charge in [0.05, 0.1) is 0 Å². The van der Waals surface area contributed by atoms with E-state index in [0.29, 0.717) is 12.5 Å². The summed E-state index contributed by atoms with van der Waals surface area (Å²) in [5.74, 6) is -0.0729. The summed E-state index contributed by atoms with van der Waals surface area (Å²) in [6.07, 6.45) is -2.67. The molecule has 7 heteroatoms. The van der Waals surface area contributed by atoms with Crippen LogP contribution in [0.25, 0.3) is 0 Å². The van der Waals surface area contributed by atoms with Crippen LogP contribution < -0.4 is 5.73 Å². The molecule has 1 rings (SSSR count). The minimum Gasteiger partial charge on any atom is -0.362 e. The molecule has 0 aliphatic heterocycles. The third kappa shape index (κ3) is 5.36. The molecule has 0 spiro atoms. The van der Waals surface area contributed by atoms with Crippen molar-refractivity contribution >= 4 is 5.91 Å². The Kier molecular flexibility index (Phi) is 4.76. The SMILES string of the molecule is CN(CC1CC(N)C1)C(=O)COCC(F)(F)F. The van der Waals surface area contributed by atoms with E-state index in [0.717, 1.165) is 12.8 Å². The highest BCUT2D eigenvalue weighted by Crippen LogP contribution is 2.26. The predicted octanol–water partition coefficient (Wildman–Crippen LogP) is 0.761. The number of nitrogens with two attached hydrogens (primary N) is 1. The predicted molar refractivity (Wildman–Crippen MR) is 55.2 cm³/mol. The monoisotopic (exact) mass is 254 g/mol. The van der Waals surface area contributed by atoms with E-state index in [-0.39, 0.29) is 6.04 Å². The molecule has 2 N–H and O–H groups in total. The zero-order valence-electron chi connectivity index (χ0n) is 9.67. The summed E-state index contributed by atoms with van der Waals surface area (Å²) < 4.78 is 39.6. The second-order valence-corrected chi connectivity index (χ2v) is 4.48. The van der Waals surface area contributed by atoms with Crippen molar-refractivity contribution in [3.63, 3.8) is 0 Å². The van der Waals surface area contributed by atoms with Crippen LogP contribution >= 0.6 is 0 Å². The van der Waals surface area contributed by atoms with E-state index in [4.69, 9.17) is 5.73 Å². The number of nitrogens with zero attached hydrogens (tertiary/aromatic N) is 1. The number of hydrogen-bond donors (Lipinski definition) is 1. The Hall–Kier alpha value is -0.820. The molecule has 0 saturated heterocycles. The van der Waals surface area contributed by atoms with Crippen molar-refractivity contribution in [1.82, 2.24) is 4.90 Å². The summed E-state index contributed by atoms with van der Waals surface area (Å²) >= 11 is 0. The molecular formula is C10H17F3N2O2. The van der Waals surface area contributed by atoms with Gasteiger partial charge in [0.2, 0.25) is 5.91 Å². The van der Waals surface area contributed by atoms with Gasteiger partial charge in [-0.15, -0.1) is 0 Å². The van der Waals surface area contributed by atoms with E-state index in [1.165, 1.54) is 4.90 Å². The fourth-order valence-corrected chi connectivity index (χ4v) is 1.79. The Bertz CT molecular complexity index is 265. The number of carbonyl (C=O) groups excluding carboxylic acids is 1. The molecule has 0 heterocycles. The highest BCUT2D eigenvalue weighted by molar-refractivity contribution is 5.77. The highest BCUT2D eigenvalue weighted by atomic mass is 19.4.